The summed E-state index contributed by atoms with van der Waals surface area (Å²) in [6.07, 6.45) is 0.728. The summed E-state index contributed by atoms with van der Waals surface area (Å²) in [5.41, 5.74) is 2.54. The number of rotatable bonds is 6. The zero-order chi connectivity index (χ0) is 17.6. The largest absolute Gasteiger partial charge is 0.349 e. The summed E-state index contributed by atoms with van der Waals surface area (Å²) < 4.78 is 0. The zero-order valence-electron chi connectivity index (χ0n) is 14.4. The van der Waals surface area contributed by atoms with Crippen LogP contribution in [0.5, 0.6) is 0 Å². The van der Waals surface area contributed by atoms with Crippen molar-refractivity contribution < 1.29 is 9.59 Å². The van der Waals surface area contributed by atoms with Crippen LogP contribution in [0.25, 0.3) is 0 Å². The minimum atomic E-state index is -0.385. The normalized spacial score (nSPS) is 11.0. The first kappa shape index (κ1) is 17.7. The van der Waals surface area contributed by atoms with E-state index in [0.29, 0.717) is 5.56 Å². The van der Waals surface area contributed by atoms with Gasteiger partial charge in [0.15, 0.2) is 0 Å². The number of nitrogens with one attached hydrogen (secondary N) is 2. The van der Waals surface area contributed by atoms with Crippen molar-refractivity contribution >= 4 is 11.8 Å². The number of amides is 2. The van der Waals surface area contributed by atoms with E-state index in [1.807, 2.05) is 26.8 Å². The van der Waals surface area contributed by atoms with E-state index in [-0.39, 0.29) is 23.9 Å². The van der Waals surface area contributed by atoms with E-state index >= 15 is 0 Å². The summed E-state index contributed by atoms with van der Waals surface area (Å²) in [4.78, 5) is 24.1. The van der Waals surface area contributed by atoms with Crippen LogP contribution in [0.4, 0.5) is 0 Å². The summed E-state index contributed by atoms with van der Waals surface area (Å²) in [7, 11) is 0. The van der Waals surface area contributed by atoms with Gasteiger partial charge in [0.1, 0.15) is 0 Å². The Morgan fingerprint density at radius 3 is 2.21 bits per heavy atom. The number of aryl methyl sites for hydroxylation is 1. The maximum atomic E-state index is 12.1. The molecule has 0 saturated heterocycles. The molecule has 2 N–H and O–H groups in total. The molecule has 0 aromatic heterocycles. The van der Waals surface area contributed by atoms with E-state index < -0.39 is 0 Å². The summed E-state index contributed by atoms with van der Waals surface area (Å²) in [6, 6.07) is 17.1. The van der Waals surface area contributed by atoms with Gasteiger partial charge in [-0.3, -0.25) is 9.59 Å². The fraction of sp³-hybridized carbons (Fsp3) is 0.300. The number of carbonyl (C=O) groups is 2. The first-order chi connectivity index (χ1) is 11.4. The second-order valence-corrected chi connectivity index (χ2v) is 6.64. The molecule has 0 spiro atoms. The highest BCUT2D eigenvalue weighted by molar-refractivity contribution is 5.96. The third-order valence-corrected chi connectivity index (χ3v) is 3.69. The average Bonchev–Trinajstić information content (AvgIpc) is 2.55. The molecular formula is C20H24N2O2. The smallest absolute Gasteiger partial charge is 0.251 e. The molecule has 126 valence electrons. The van der Waals surface area contributed by atoms with Crippen LogP contribution in [0.15, 0.2) is 54.6 Å². The molecule has 4 heteroatoms. The molecule has 0 aliphatic carbocycles. The van der Waals surface area contributed by atoms with Gasteiger partial charge in [-0.15, -0.1) is 0 Å². The van der Waals surface area contributed by atoms with E-state index in [4.69, 9.17) is 0 Å². The monoisotopic (exact) mass is 324 g/mol. The van der Waals surface area contributed by atoms with Crippen molar-refractivity contribution in [1.82, 2.24) is 10.6 Å². The minimum absolute atomic E-state index is 0.0367. The van der Waals surface area contributed by atoms with E-state index in [9.17, 15) is 9.59 Å². The molecule has 2 rings (SSSR count). The van der Waals surface area contributed by atoms with Crippen LogP contribution in [0.1, 0.15) is 35.3 Å². The van der Waals surface area contributed by atoms with Crippen molar-refractivity contribution in [2.45, 2.75) is 32.7 Å². The van der Waals surface area contributed by atoms with Crippen molar-refractivity contribution in [1.29, 1.82) is 0 Å². The van der Waals surface area contributed by atoms with Gasteiger partial charge >= 0.3 is 0 Å². The second-order valence-electron chi connectivity index (χ2n) is 6.64. The zero-order valence-corrected chi connectivity index (χ0v) is 14.4. The van der Waals surface area contributed by atoms with Crippen LogP contribution >= 0.6 is 0 Å². The van der Waals surface area contributed by atoms with Gasteiger partial charge in [0, 0.05) is 11.1 Å². The fourth-order valence-corrected chi connectivity index (χ4v) is 2.53. The van der Waals surface area contributed by atoms with Crippen LogP contribution in [0.2, 0.25) is 0 Å². The Kier molecular flexibility index (Phi) is 5.74. The Hall–Kier alpha value is -2.62. The summed E-state index contributed by atoms with van der Waals surface area (Å²) in [5.74, 6) is -0.446. The van der Waals surface area contributed by atoms with Crippen molar-refractivity contribution in [3.05, 3.63) is 71.3 Å². The molecule has 0 saturated carbocycles. The second kappa shape index (κ2) is 7.77. The number of carbonyl (C=O) groups excluding carboxylic acids is 2. The Labute approximate surface area is 143 Å². The Balaban J connectivity index is 1.84. The molecule has 0 heterocycles. The summed E-state index contributed by atoms with van der Waals surface area (Å²) >= 11 is 0. The Bertz CT molecular complexity index is 691. The molecule has 2 aromatic carbocycles. The minimum Gasteiger partial charge on any atom is -0.349 e. The van der Waals surface area contributed by atoms with Crippen LogP contribution in [0, 0.1) is 6.92 Å². The SMILES string of the molecule is Cc1ccc(CC(C)(C)NC(=O)CNC(=O)c2ccccc2)cc1. The maximum absolute atomic E-state index is 12.1. The molecule has 24 heavy (non-hydrogen) atoms. The van der Waals surface area contributed by atoms with Gasteiger partial charge in [0.05, 0.1) is 6.54 Å². The van der Waals surface area contributed by atoms with E-state index in [1.54, 1.807) is 24.3 Å². The third-order valence-electron chi connectivity index (χ3n) is 3.69. The van der Waals surface area contributed by atoms with Crippen molar-refractivity contribution in [3.63, 3.8) is 0 Å². The standard InChI is InChI=1S/C20H24N2O2/c1-15-9-11-16(12-10-15)13-20(2,3)22-18(23)14-21-19(24)17-7-5-4-6-8-17/h4-12H,13-14H2,1-3H3,(H,21,24)(H,22,23). The number of hydrogen-bond acceptors (Lipinski definition) is 2. The van der Waals surface area contributed by atoms with Crippen molar-refractivity contribution in [3.8, 4) is 0 Å². The molecule has 0 aliphatic heterocycles. The molecule has 2 aromatic rings. The average molecular weight is 324 g/mol. The molecule has 0 unspecified atom stereocenters. The summed E-state index contributed by atoms with van der Waals surface area (Å²) in [5, 5.41) is 5.61. The Morgan fingerprint density at radius 2 is 1.58 bits per heavy atom. The Morgan fingerprint density at radius 1 is 0.958 bits per heavy atom. The maximum Gasteiger partial charge on any atom is 0.251 e. The van der Waals surface area contributed by atoms with Crippen LogP contribution < -0.4 is 10.6 Å². The van der Waals surface area contributed by atoms with Gasteiger partial charge in [-0.1, -0.05) is 48.0 Å². The predicted octanol–water partition coefficient (Wildman–Crippen LogP) is 2.86. The van der Waals surface area contributed by atoms with Crippen molar-refractivity contribution in [2.75, 3.05) is 6.54 Å². The van der Waals surface area contributed by atoms with Gasteiger partial charge in [-0.2, -0.15) is 0 Å². The van der Waals surface area contributed by atoms with Gasteiger partial charge < -0.3 is 10.6 Å². The fourth-order valence-electron chi connectivity index (χ4n) is 2.53. The molecule has 4 nitrogen and oxygen atoms in total. The number of hydrogen-bond donors (Lipinski definition) is 2. The van der Waals surface area contributed by atoms with E-state index in [1.165, 1.54) is 11.1 Å². The molecule has 0 aliphatic rings. The lowest BCUT2D eigenvalue weighted by molar-refractivity contribution is -0.121. The van der Waals surface area contributed by atoms with E-state index in [2.05, 4.69) is 34.9 Å². The topological polar surface area (TPSA) is 58.2 Å². The van der Waals surface area contributed by atoms with Gasteiger partial charge in [-0.25, -0.2) is 0 Å². The van der Waals surface area contributed by atoms with Crippen LogP contribution in [-0.4, -0.2) is 23.9 Å². The van der Waals surface area contributed by atoms with Crippen molar-refractivity contribution in [2.24, 2.45) is 0 Å². The first-order valence-corrected chi connectivity index (χ1v) is 8.05. The van der Waals surface area contributed by atoms with Crippen LogP contribution in [0.3, 0.4) is 0 Å². The molecule has 2 amide bonds. The quantitative estimate of drug-likeness (QED) is 0.858. The lowest BCUT2D eigenvalue weighted by atomic mass is 9.94. The summed E-state index contributed by atoms with van der Waals surface area (Å²) in [6.45, 7) is 5.96. The highest BCUT2D eigenvalue weighted by atomic mass is 16.2. The first-order valence-electron chi connectivity index (χ1n) is 8.05. The highest BCUT2D eigenvalue weighted by Gasteiger charge is 2.21. The van der Waals surface area contributed by atoms with E-state index in [0.717, 1.165) is 6.42 Å². The predicted molar refractivity (Wildman–Crippen MR) is 95.9 cm³/mol. The molecule has 0 bridgehead atoms. The van der Waals surface area contributed by atoms with Gasteiger partial charge in [-0.05, 0) is 44.9 Å². The lowest BCUT2D eigenvalue weighted by Crippen LogP contribution is -2.49. The van der Waals surface area contributed by atoms with Crippen LogP contribution in [-0.2, 0) is 11.2 Å². The highest BCUT2D eigenvalue weighted by Crippen LogP contribution is 2.13. The third kappa shape index (κ3) is 5.54. The molecule has 0 atom stereocenters. The van der Waals surface area contributed by atoms with Gasteiger partial charge in [0.25, 0.3) is 5.91 Å². The van der Waals surface area contributed by atoms with Gasteiger partial charge in [0.2, 0.25) is 5.91 Å². The molecule has 0 fully saturated rings. The molecular weight excluding hydrogens is 300 g/mol. The lowest BCUT2D eigenvalue weighted by Gasteiger charge is -2.26. The molecule has 0 radical (unpaired) electrons. The number of benzene rings is 2.